The molecule has 1 aliphatic heterocycles. The molecule has 0 atom stereocenters. The maximum absolute atomic E-state index is 12.2. The van der Waals surface area contributed by atoms with Crippen LogP contribution in [0.3, 0.4) is 0 Å². The van der Waals surface area contributed by atoms with Gasteiger partial charge < -0.3 is 28.7 Å². The zero-order valence-corrected chi connectivity index (χ0v) is 22.9. The highest BCUT2D eigenvalue weighted by Crippen LogP contribution is 2.41. The van der Waals surface area contributed by atoms with E-state index in [1.807, 2.05) is 24.1 Å². The molecule has 14 nitrogen and oxygen atoms in total. The van der Waals surface area contributed by atoms with Crippen LogP contribution in [0.15, 0.2) is 47.5 Å². The fourth-order valence-corrected chi connectivity index (χ4v) is 3.89. The van der Waals surface area contributed by atoms with Crippen molar-refractivity contribution >= 4 is 23.2 Å². The molecule has 0 fully saturated rings. The molecule has 1 aromatic heterocycles. The Balaban J connectivity index is 1.78. The van der Waals surface area contributed by atoms with Crippen LogP contribution in [0.1, 0.15) is 18.1 Å². The van der Waals surface area contributed by atoms with Crippen molar-refractivity contribution in [2.45, 2.75) is 6.92 Å². The molecular weight excluding hydrogens is 534 g/mol. The molecule has 2 aromatic carbocycles. The minimum Gasteiger partial charge on any atom is -0.463 e. The van der Waals surface area contributed by atoms with E-state index in [1.54, 1.807) is 56.3 Å². The highest BCUT2D eigenvalue weighted by molar-refractivity contribution is 5.99. The maximum atomic E-state index is 12.2. The normalized spacial score (nSPS) is 12.3. The van der Waals surface area contributed by atoms with Gasteiger partial charge in [-0.05, 0) is 31.2 Å². The number of hydrogen-bond acceptors (Lipinski definition) is 13. The van der Waals surface area contributed by atoms with E-state index in [4.69, 9.17) is 18.9 Å². The Morgan fingerprint density at radius 1 is 1.17 bits per heavy atom. The molecule has 0 N–H and O–H groups in total. The van der Waals surface area contributed by atoms with Crippen molar-refractivity contribution in [3.8, 4) is 35.3 Å². The molecule has 1 aliphatic rings. The van der Waals surface area contributed by atoms with Crippen molar-refractivity contribution < 1.29 is 28.7 Å². The molecule has 0 amide bonds. The number of esters is 1. The number of nitriles is 1. The lowest BCUT2D eigenvalue weighted by atomic mass is 10.2. The number of carbonyl (C=O) groups excluding carboxylic acids is 1. The van der Waals surface area contributed by atoms with Crippen molar-refractivity contribution in [1.82, 2.24) is 14.9 Å². The Morgan fingerprint density at radius 2 is 1.95 bits per heavy atom. The molecule has 14 heteroatoms. The van der Waals surface area contributed by atoms with Gasteiger partial charge in [-0.2, -0.15) is 15.2 Å². The average molecular weight is 562 g/mol. The molecule has 0 aliphatic carbocycles. The van der Waals surface area contributed by atoms with E-state index in [-0.39, 0.29) is 23.9 Å². The maximum Gasteiger partial charge on any atom is 0.392 e. The van der Waals surface area contributed by atoms with E-state index in [9.17, 15) is 20.2 Å². The molecule has 41 heavy (non-hydrogen) atoms. The van der Waals surface area contributed by atoms with Gasteiger partial charge in [-0.25, -0.2) is 4.79 Å². The fourth-order valence-electron chi connectivity index (χ4n) is 3.89. The first-order valence-corrected chi connectivity index (χ1v) is 12.5. The quantitative estimate of drug-likeness (QED) is 0.190. The second kappa shape index (κ2) is 12.6. The van der Waals surface area contributed by atoms with Gasteiger partial charge in [0.05, 0.1) is 35.4 Å². The highest BCUT2D eigenvalue weighted by Gasteiger charge is 2.31. The predicted octanol–water partition coefficient (Wildman–Crippen LogP) is 3.54. The number of aromatic nitrogens is 2. The van der Waals surface area contributed by atoms with Crippen molar-refractivity contribution in [1.29, 1.82) is 5.26 Å². The highest BCUT2D eigenvalue weighted by atomic mass is 16.6. The summed E-state index contributed by atoms with van der Waals surface area (Å²) in [6.45, 7) is 2.51. The number of rotatable bonds is 11. The molecule has 4 rings (SSSR count). The van der Waals surface area contributed by atoms with E-state index < -0.39 is 34.9 Å². The zero-order chi connectivity index (χ0) is 29.5. The molecule has 0 bridgehead atoms. The van der Waals surface area contributed by atoms with Gasteiger partial charge in [0.1, 0.15) is 11.6 Å². The first-order chi connectivity index (χ1) is 19.7. The minimum absolute atomic E-state index is 0.0934. The first-order valence-electron chi connectivity index (χ1n) is 12.5. The standard InChI is InChI=1S/C27H27N7O7/c1-5-38-22(35)16-39-25-23(34(36)37)26(41-21-13-17(15-28)9-10-20(21)32(2)3)31-27(30-25)40-19-8-6-7-18(14-19)24-29-11-12-33(24)4/h6-10,13-14H,5,11-12,16H2,1-4H3. The molecule has 0 saturated heterocycles. The first kappa shape index (κ1) is 28.6. The van der Waals surface area contributed by atoms with Crippen LogP contribution in [-0.2, 0) is 9.53 Å². The second-order valence-electron chi connectivity index (χ2n) is 8.86. The molecule has 3 aromatic rings. The zero-order valence-electron chi connectivity index (χ0n) is 22.9. The number of hydrogen-bond donors (Lipinski definition) is 0. The van der Waals surface area contributed by atoms with Gasteiger partial charge in [-0.1, -0.05) is 12.1 Å². The summed E-state index contributed by atoms with van der Waals surface area (Å²) in [7, 11) is 5.41. The molecule has 0 unspecified atom stereocenters. The Kier molecular flexibility index (Phi) is 8.78. The number of anilines is 1. The number of aliphatic imine (C=N–C) groups is 1. The lowest BCUT2D eigenvalue weighted by Crippen LogP contribution is -2.23. The SMILES string of the molecule is CCOC(=O)COc1nc(Oc2cccc(C3=NCCN3C)c2)nc(Oc2cc(C#N)ccc2N(C)C)c1[N+](=O)[O-]. The summed E-state index contributed by atoms with van der Waals surface area (Å²) in [4.78, 5) is 39.8. The minimum atomic E-state index is -0.794. The fraction of sp³-hybridized carbons (Fsp3) is 0.296. The lowest BCUT2D eigenvalue weighted by Gasteiger charge is -2.18. The van der Waals surface area contributed by atoms with Gasteiger partial charge in [-0.3, -0.25) is 15.1 Å². The van der Waals surface area contributed by atoms with Gasteiger partial charge in [0, 0.05) is 39.3 Å². The molecule has 0 radical (unpaired) electrons. The number of benzene rings is 2. The number of nitro groups is 1. The topological polar surface area (TPSA) is 166 Å². The van der Waals surface area contributed by atoms with Gasteiger partial charge >= 0.3 is 29.4 Å². The van der Waals surface area contributed by atoms with Gasteiger partial charge in [0.15, 0.2) is 12.4 Å². The van der Waals surface area contributed by atoms with Crippen molar-refractivity contribution in [2.75, 3.05) is 52.3 Å². The van der Waals surface area contributed by atoms with Crippen LogP contribution in [0, 0.1) is 21.4 Å². The van der Waals surface area contributed by atoms with Gasteiger partial charge in [0.2, 0.25) is 0 Å². The average Bonchev–Trinajstić information content (AvgIpc) is 3.37. The Hall–Kier alpha value is -5.45. The van der Waals surface area contributed by atoms with Gasteiger partial charge in [-0.15, -0.1) is 0 Å². The Morgan fingerprint density at radius 3 is 2.61 bits per heavy atom. The third-order valence-corrected chi connectivity index (χ3v) is 5.75. The predicted molar refractivity (Wildman–Crippen MR) is 147 cm³/mol. The number of nitrogens with zero attached hydrogens (tertiary/aromatic N) is 7. The summed E-state index contributed by atoms with van der Waals surface area (Å²) in [5, 5.41) is 21.6. The van der Waals surface area contributed by atoms with Crippen LogP contribution in [-0.4, -0.2) is 79.0 Å². The van der Waals surface area contributed by atoms with E-state index >= 15 is 0 Å². The van der Waals surface area contributed by atoms with Gasteiger partial charge in [0.25, 0.3) is 0 Å². The van der Waals surface area contributed by atoms with E-state index in [0.717, 1.165) is 17.9 Å². The largest absolute Gasteiger partial charge is 0.463 e. The van der Waals surface area contributed by atoms with Crippen LogP contribution >= 0.6 is 0 Å². The lowest BCUT2D eigenvalue weighted by molar-refractivity contribution is -0.387. The van der Waals surface area contributed by atoms with Crippen LogP contribution in [0.4, 0.5) is 11.4 Å². The van der Waals surface area contributed by atoms with Crippen molar-refractivity contribution in [2.24, 2.45) is 4.99 Å². The Labute approximate surface area is 235 Å². The van der Waals surface area contributed by atoms with Crippen LogP contribution < -0.4 is 19.1 Å². The monoisotopic (exact) mass is 561 g/mol. The van der Waals surface area contributed by atoms with Crippen molar-refractivity contribution in [3.63, 3.8) is 0 Å². The molecule has 0 spiro atoms. The third kappa shape index (κ3) is 6.77. The van der Waals surface area contributed by atoms with E-state index in [0.29, 0.717) is 18.0 Å². The number of ether oxygens (including phenoxy) is 4. The van der Waals surface area contributed by atoms with E-state index in [1.165, 1.54) is 6.07 Å². The summed E-state index contributed by atoms with van der Waals surface area (Å²) < 4.78 is 22.1. The Bertz CT molecular complexity index is 1530. The molecule has 212 valence electrons. The molecular formula is C27H27N7O7. The summed E-state index contributed by atoms with van der Waals surface area (Å²) in [5.74, 6) is -0.619. The number of likely N-dealkylation sites (N-methyl/N-ethyl adjacent to an activating group) is 1. The second-order valence-corrected chi connectivity index (χ2v) is 8.86. The van der Waals surface area contributed by atoms with E-state index in [2.05, 4.69) is 15.0 Å². The molecule has 0 saturated carbocycles. The summed E-state index contributed by atoms with van der Waals surface area (Å²) in [6.07, 6.45) is 0. The van der Waals surface area contributed by atoms with Crippen molar-refractivity contribution in [3.05, 3.63) is 63.7 Å². The summed E-state index contributed by atoms with van der Waals surface area (Å²) in [6, 6.07) is 13.3. The van der Waals surface area contributed by atoms with Crippen LogP contribution in [0.2, 0.25) is 0 Å². The number of amidine groups is 1. The smallest absolute Gasteiger partial charge is 0.392 e. The summed E-state index contributed by atoms with van der Waals surface area (Å²) in [5.41, 5.74) is 0.824. The third-order valence-electron chi connectivity index (χ3n) is 5.75. The van der Waals surface area contributed by atoms with Crippen LogP contribution in [0.25, 0.3) is 0 Å². The molecule has 2 heterocycles. The number of carbonyl (C=O) groups is 1. The van der Waals surface area contributed by atoms with Crippen LogP contribution in [0.5, 0.6) is 29.3 Å². The summed E-state index contributed by atoms with van der Waals surface area (Å²) >= 11 is 0.